The topological polar surface area (TPSA) is 0 Å². The van der Waals surface area contributed by atoms with Crippen LogP contribution in [0.5, 0.6) is 0 Å². The van der Waals surface area contributed by atoms with Crippen LogP contribution in [0.25, 0.3) is 0 Å². The molecule has 0 saturated heterocycles. The van der Waals surface area contributed by atoms with Crippen LogP contribution < -0.4 is 0 Å². The van der Waals surface area contributed by atoms with E-state index in [4.69, 9.17) is 0 Å². The molecule has 3 atom stereocenters. The molecule has 0 saturated carbocycles. The fraction of sp³-hybridized carbons (Fsp3) is 1.00. The molecule has 0 bridgehead atoms. The van der Waals surface area contributed by atoms with Crippen molar-refractivity contribution >= 4 is 0 Å². The minimum atomic E-state index is 0.923. The molecule has 0 aliphatic carbocycles. The Morgan fingerprint density at radius 2 is 1.47 bits per heavy atom. The van der Waals surface area contributed by atoms with Crippen LogP contribution in [-0.4, -0.2) is 0 Å². The van der Waals surface area contributed by atoms with E-state index >= 15 is 0 Å². The molecule has 15 heavy (non-hydrogen) atoms. The second-order valence-corrected chi connectivity index (χ2v) is 5.29. The van der Waals surface area contributed by atoms with E-state index in [0.29, 0.717) is 0 Å². The molecule has 0 aromatic carbocycles. The highest BCUT2D eigenvalue weighted by Crippen LogP contribution is 2.30. The van der Waals surface area contributed by atoms with Gasteiger partial charge in [0.15, 0.2) is 0 Å². The lowest BCUT2D eigenvalue weighted by Crippen LogP contribution is -2.18. The van der Waals surface area contributed by atoms with Crippen LogP contribution in [0.4, 0.5) is 0 Å². The first-order chi connectivity index (χ1) is 7.17. The minimum absolute atomic E-state index is 0.923. The molecule has 0 radical (unpaired) electrons. The van der Waals surface area contributed by atoms with E-state index in [0.717, 1.165) is 17.8 Å². The molecule has 0 rings (SSSR count). The smallest absolute Gasteiger partial charge is 0.0389 e. The van der Waals surface area contributed by atoms with Crippen molar-refractivity contribution in [3.63, 3.8) is 0 Å². The summed E-state index contributed by atoms with van der Waals surface area (Å²) in [6.07, 6.45) is 9.79. The highest BCUT2D eigenvalue weighted by Gasteiger charge is 2.20. The minimum Gasteiger partial charge on any atom is -0.0654 e. The normalized spacial score (nSPS) is 17.4. The summed E-state index contributed by atoms with van der Waals surface area (Å²) < 4.78 is 0. The van der Waals surface area contributed by atoms with Crippen molar-refractivity contribution in [3.05, 3.63) is 0 Å². The maximum Gasteiger partial charge on any atom is -0.0389 e. The monoisotopic (exact) mass is 212 g/mol. The van der Waals surface area contributed by atoms with Gasteiger partial charge < -0.3 is 0 Å². The molecule has 0 spiro atoms. The predicted octanol–water partition coefficient (Wildman–Crippen LogP) is 5.67. The lowest BCUT2D eigenvalue weighted by molar-refractivity contribution is 0.226. The number of unbranched alkanes of at least 4 members (excludes halogenated alkanes) is 2. The summed E-state index contributed by atoms with van der Waals surface area (Å²) in [5.41, 5.74) is 0. The first-order valence-electron chi connectivity index (χ1n) is 7.17. The lowest BCUT2D eigenvalue weighted by Gasteiger charge is -2.28. The molecule has 0 aromatic rings. The fourth-order valence-corrected chi connectivity index (χ4v) is 2.65. The van der Waals surface area contributed by atoms with Crippen molar-refractivity contribution in [2.24, 2.45) is 17.8 Å². The van der Waals surface area contributed by atoms with Gasteiger partial charge in [-0.3, -0.25) is 0 Å². The molecule has 3 unspecified atom stereocenters. The van der Waals surface area contributed by atoms with Gasteiger partial charge in [-0.05, 0) is 17.8 Å². The van der Waals surface area contributed by atoms with Gasteiger partial charge in [-0.25, -0.2) is 0 Å². The Bertz CT molecular complexity index is 128. The van der Waals surface area contributed by atoms with E-state index in [-0.39, 0.29) is 0 Å². The number of hydrogen-bond acceptors (Lipinski definition) is 0. The molecule has 0 aliphatic heterocycles. The van der Waals surface area contributed by atoms with E-state index in [1.54, 1.807) is 0 Å². The lowest BCUT2D eigenvalue weighted by atomic mass is 9.78. The zero-order chi connectivity index (χ0) is 11.7. The van der Waals surface area contributed by atoms with Gasteiger partial charge in [0.05, 0.1) is 0 Å². The Hall–Kier alpha value is 0. The van der Waals surface area contributed by atoms with Gasteiger partial charge in [-0.2, -0.15) is 0 Å². The molecule has 0 heteroatoms. The average Bonchev–Trinajstić information content (AvgIpc) is 2.25. The van der Waals surface area contributed by atoms with Gasteiger partial charge in [-0.15, -0.1) is 0 Å². The predicted molar refractivity (Wildman–Crippen MR) is 71.2 cm³/mol. The zero-order valence-corrected chi connectivity index (χ0v) is 11.7. The van der Waals surface area contributed by atoms with E-state index in [1.807, 2.05) is 0 Å². The molecule has 0 fully saturated rings. The molecule has 0 amide bonds. The summed E-state index contributed by atoms with van der Waals surface area (Å²) in [5, 5.41) is 0. The van der Waals surface area contributed by atoms with E-state index in [2.05, 4.69) is 34.6 Å². The van der Waals surface area contributed by atoms with Crippen molar-refractivity contribution in [2.75, 3.05) is 0 Å². The van der Waals surface area contributed by atoms with E-state index < -0.39 is 0 Å². The molecule has 0 N–H and O–H groups in total. The summed E-state index contributed by atoms with van der Waals surface area (Å²) in [7, 11) is 0. The van der Waals surface area contributed by atoms with Gasteiger partial charge in [0.2, 0.25) is 0 Å². The van der Waals surface area contributed by atoms with Crippen molar-refractivity contribution in [2.45, 2.75) is 79.6 Å². The first kappa shape index (κ1) is 15.0. The van der Waals surface area contributed by atoms with Crippen molar-refractivity contribution < 1.29 is 0 Å². The number of hydrogen-bond donors (Lipinski definition) is 0. The highest BCUT2D eigenvalue weighted by molar-refractivity contribution is 4.70. The summed E-state index contributed by atoms with van der Waals surface area (Å²) in [6.45, 7) is 11.9. The average molecular weight is 212 g/mol. The van der Waals surface area contributed by atoms with Crippen LogP contribution in [0.3, 0.4) is 0 Å². The van der Waals surface area contributed by atoms with Gasteiger partial charge in [0.1, 0.15) is 0 Å². The molecular weight excluding hydrogens is 180 g/mol. The van der Waals surface area contributed by atoms with Crippen molar-refractivity contribution in [1.29, 1.82) is 0 Å². The van der Waals surface area contributed by atoms with Crippen LogP contribution in [0.15, 0.2) is 0 Å². The second-order valence-electron chi connectivity index (χ2n) is 5.29. The van der Waals surface area contributed by atoms with Crippen LogP contribution in [0.1, 0.15) is 79.6 Å². The van der Waals surface area contributed by atoms with Crippen LogP contribution in [-0.2, 0) is 0 Å². The Labute approximate surface area is 97.8 Å². The quantitative estimate of drug-likeness (QED) is 0.432. The molecule has 0 nitrogen and oxygen atoms in total. The van der Waals surface area contributed by atoms with E-state index in [1.165, 1.54) is 44.9 Å². The van der Waals surface area contributed by atoms with Gasteiger partial charge in [0, 0.05) is 0 Å². The third kappa shape index (κ3) is 6.22. The zero-order valence-electron chi connectivity index (χ0n) is 11.7. The first-order valence-corrected chi connectivity index (χ1v) is 7.17. The summed E-state index contributed by atoms with van der Waals surface area (Å²) in [6, 6.07) is 0. The Morgan fingerprint density at radius 1 is 0.800 bits per heavy atom. The second kappa shape index (κ2) is 9.24. The largest absolute Gasteiger partial charge is 0.0654 e. The number of rotatable bonds is 9. The molecular formula is C15H32. The van der Waals surface area contributed by atoms with Crippen molar-refractivity contribution in [3.8, 4) is 0 Å². The van der Waals surface area contributed by atoms with Crippen LogP contribution in [0, 0.1) is 17.8 Å². The summed E-state index contributed by atoms with van der Waals surface area (Å²) in [4.78, 5) is 0. The Balaban J connectivity index is 3.86. The van der Waals surface area contributed by atoms with Gasteiger partial charge in [0.25, 0.3) is 0 Å². The SMILES string of the molecule is CCCCCC(C)C(C)C(CC)CCC. The van der Waals surface area contributed by atoms with Crippen molar-refractivity contribution in [1.82, 2.24) is 0 Å². The fourth-order valence-electron chi connectivity index (χ4n) is 2.65. The Kier molecular flexibility index (Phi) is 9.24. The summed E-state index contributed by atoms with van der Waals surface area (Å²) >= 11 is 0. The maximum absolute atomic E-state index is 2.47. The molecule has 0 heterocycles. The molecule has 0 aromatic heterocycles. The van der Waals surface area contributed by atoms with E-state index in [9.17, 15) is 0 Å². The van der Waals surface area contributed by atoms with Gasteiger partial charge >= 0.3 is 0 Å². The standard InChI is InChI=1S/C15H32/c1-6-9-10-12-13(4)14(5)15(8-3)11-7-2/h13-15H,6-12H2,1-5H3. The van der Waals surface area contributed by atoms with Crippen LogP contribution in [0.2, 0.25) is 0 Å². The highest BCUT2D eigenvalue weighted by atomic mass is 14.3. The third-order valence-electron chi connectivity index (χ3n) is 4.09. The third-order valence-corrected chi connectivity index (χ3v) is 4.09. The Morgan fingerprint density at radius 3 is 1.93 bits per heavy atom. The summed E-state index contributed by atoms with van der Waals surface area (Å²) in [5.74, 6) is 2.81. The molecule has 92 valence electrons. The maximum atomic E-state index is 2.47. The molecule has 0 aliphatic rings. The van der Waals surface area contributed by atoms with Gasteiger partial charge in [-0.1, -0.05) is 79.6 Å². The van der Waals surface area contributed by atoms with Crippen LogP contribution >= 0.6 is 0 Å².